The minimum Gasteiger partial charge on any atom is -0.462 e. The molecule has 0 bridgehead atoms. The molecule has 3 heterocycles. The normalized spacial score (nSPS) is 47.6. The first-order chi connectivity index (χ1) is 26.5. The highest BCUT2D eigenvalue weighted by Crippen LogP contribution is 2.54. The summed E-state index contributed by atoms with van der Waals surface area (Å²) in [6, 6.07) is 0.339. The van der Waals surface area contributed by atoms with E-state index in [1.165, 1.54) is 0 Å². The fourth-order valence-electron chi connectivity index (χ4n) is 11.4. The van der Waals surface area contributed by atoms with E-state index in [-0.39, 0.29) is 96.8 Å². The number of carbonyl (C=O) groups excluding carboxylic acids is 2. The number of allylic oxidation sites excluding steroid dienone is 4. The minimum atomic E-state index is -0.589. The molecule has 4 aliphatic carbocycles. The molecular formula is C44H69NO10. The number of methoxy groups -OCH3 is 3. The summed E-state index contributed by atoms with van der Waals surface area (Å²) < 4.78 is 50.4. The summed E-state index contributed by atoms with van der Waals surface area (Å²) in [5, 5.41) is 0. The zero-order valence-electron chi connectivity index (χ0n) is 34.8. The summed E-state index contributed by atoms with van der Waals surface area (Å²) in [5.41, 5.74) is 0.777. The molecule has 16 unspecified atom stereocenters. The zero-order valence-corrected chi connectivity index (χ0v) is 34.8. The van der Waals surface area contributed by atoms with Crippen LogP contribution in [0.25, 0.3) is 0 Å². The molecule has 7 rings (SSSR count). The molecule has 5 fully saturated rings. The summed E-state index contributed by atoms with van der Waals surface area (Å²) in [7, 11) is 9.22. The van der Waals surface area contributed by atoms with E-state index in [9.17, 15) is 9.59 Å². The van der Waals surface area contributed by atoms with E-state index in [4.69, 9.17) is 37.9 Å². The van der Waals surface area contributed by atoms with E-state index in [1.54, 1.807) is 21.3 Å². The lowest BCUT2D eigenvalue weighted by Gasteiger charge is -2.45. The van der Waals surface area contributed by atoms with E-state index in [0.29, 0.717) is 23.8 Å². The average molecular weight is 772 g/mol. The van der Waals surface area contributed by atoms with Gasteiger partial charge >= 0.3 is 5.97 Å². The highest BCUT2D eigenvalue weighted by Gasteiger charge is 2.53. The molecule has 3 aliphatic heterocycles. The van der Waals surface area contributed by atoms with Crippen molar-refractivity contribution in [3.63, 3.8) is 0 Å². The lowest BCUT2D eigenvalue weighted by Crippen LogP contribution is -2.60. The lowest BCUT2D eigenvalue weighted by atomic mass is 9.70. The highest BCUT2D eigenvalue weighted by molar-refractivity contribution is 5.99. The monoisotopic (exact) mass is 771 g/mol. The summed E-state index contributed by atoms with van der Waals surface area (Å²) >= 11 is 0. The Balaban J connectivity index is 1.10. The van der Waals surface area contributed by atoms with Crippen molar-refractivity contribution in [2.75, 3.05) is 35.4 Å². The maximum atomic E-state index is 14.8. The standard InChI is InChI=1S/C44H69NO10/c1-10-35-41(48-7)42(49-8)43(50-9)44(55-35)52-27-19-26-14-15-28-31(30(26)20-27)21-33-32(28)22-38(46)53-37(29-18-23(29)2)13-11-12-36(24(3)40(33)47)54-39-17-16-34(45(5)6)25(4)51-39/h14-15,21,23-32,34-37,39,41-44H,10-13,16-20,22H2,1-9H3/t23?,24?,25-,26?,27?,28?,29?,30?,31?,32?,34-,35+,36?,37?,39?,41?,42?,43?,44?/m1/s1. The minimum absolute atomic E-state index is 0.0389. The number of carbonyl (C=O) groups is 2. The number of ketones is 1. The Morgan fingerprint density at radius 3 is 2.22 bits per heavy atom. The predicted octanol–water partition coefficient (Wildman–Crippen LogP) is 6.12. The molecule has 0 aromatic carbocycles. The van der Waals surface area contributed by atoms with Gasteiger partial charge in [0, 0.05) is 39.2 Å². The van der Waals surface area contributed by atoms with Gasteiger partial charge in [-0.05, 0) is 120 Å². The number of rotatable bonds is 10. The summed E-state index contributed by atoms with van der Waals surface area (Å²) in [4.78, 5) is 30.8. The smallest absolute Gasteiger partial charge is 0.306 e. The molecule has 11 heteroatoms. The molecular weight excluding hydrogens is 702 g/mol. The van der Waals surface area contributed by atoms with E-state index in [2.05, 4.69) is 58.0 Å². The number of nitrogens with zero attached hydrogens (tertiary/aromatic N) is 1. The number of esters is 1. The first kappa shape index (κ1) is 41.5. The van der Waals surface area contributed by atoms with Crippen LogP contribution in [0.2, 0.25) is 0 Å². The van der Waals surface area contributed by atoms with Crippen molar-refractivity contribution in [3.8, 4) is 0 Å². The maximum Gasteiger partial charge on any atom is 0.306 e. The molecule has 19 atom stereocenters. The second-order valence-corrected chi connectivity index (χ2v) is 18.1. The largest absolute Gasteiger partial charge is 0.462 e. The van der Waals surface area contributed by atoms with E-state index in [0.717, 1.165) is 63.4 Å². The zero-order chi connectivity index (χ0) is 39.1. The van der Waals surface area contributed by atoms with Crippen LogP contribution >= 0.6 is 0 Å². The molecule has 3 saturated heterocycles. The molecule has 0 aromatic rings. The molecule has 0 spiro atoms. The van der Waals surface area contributed by atoms with Crippen LogP contribution in [0.5, 0.6) is 0 Å². The fraction of sp³-hybridized carbons (Fsp3) is 0.864. The van der Waals surface area contributed by atoms with Gasteiger partial charge in [0.15, 0.2) is 18.4 Å². The van der Waals surface area contributed by atoms with Crippen LogP contribution < -0.4 is 0 Å². The van der Waals surface area contributed by atoms with Crippen LogP contribution in [-0.2, 0) is 47.5 Å². The summed E-state index contributed by atoms with van der Waals surface area (Å²) in [6.45, 7) is 8.48. The number of likely N-dealkylation sites (N-methyl/N-ethyl adjacent to an activating group) is 1. The summed E-state index contributed by atoms with van der Waals surface area (Å²) in [5.74, 6) is 1.05. The maximum absolute atomic E-state index is 14.8. The molecule has 11 nitrogen and oxygen atoms in total. The van der Waals surface area contributed by atoms with Crippen LogP contribution in [-0.4, -0.2) is 120 Å². The molecule has 2 saturated carbocycles. The molecule has 0 radical (unpaired) electrons. The molecule has 0 N–H and O–H groups in total. The van der Waals surface area contributed by atoms with Gasteiger partial charge in [0.2, 0.25) is 0 Å². The van der Waals surface area contributed by atoms with Crippen molar-refractivity contribution >= 4 is 11.8 Å². The molecule has 7 aliphatic rings. The molecule has 310 valence electrons. The third-order valence-corrected chi connectivity index (χ3v) is 14.7. The third kappa shape index (κ3) is 8.56. The topological polar surface area (TPSA) is 111 Å². The Morgan fingerprint density at radius 1 is 0.818 bits per heavy atom. The lowest BCUT2D eigenvalue weighted by molar-refractivity contribution is -0.317. The number of Topliss-reactive ketones (excluding diaryl/α,β-unsaturated/α-hetero) is 1. The Hall–Kier alpha value is -1.70. The van der Waals surface area contributed by atoms with Crippen molar-refractivity contribution in [1.29, 1.82) is 0 Å². The van der Waals surface area contributed by atoms with Gasteiger partial charge in [-0.15, -0.1) is 0 Å². The second-order valence-electron chi connectivity index (χ2n) is 18.1. The number of cyclic esters (lactones) is 1. The van der Waals surface area contributed by atoms with Gasteiger partial charge in [0.1, 0.15) is 24.4 Å². The van der Waals surface area contributed by atoms with E-state index in [1.807, 2.05) is 6.92 Å². The molecule has 0 aromatic heterocycles. The quantitative estimate of drug-likeness (QED) is 0.189. The van der Waals surface area contributed by atoms with Gasteiger partial charge in [-0.3, -0.25) is 9.59 Å². The van der Waals surface area contributed by atoms with Crippen LogP contribution in [0.3, 0.4) is 0 Å². The van der Waals surface area contributed by atoms with Gasteiger partial charge in [-0.25, -0.2) is 0 Å². The van der Waals surface area contributed by atoms with Gasteiger partial charge in [0.25, 0.3) is 0 Å². The van der Waals surface area contributed by atoms with Crippen molar-refractivity contribution < 1.29 is 47.5 Å². The third-order valence-electron chi connectivity index (χ3n) is 14.7. The van der Waals surface area contributed by atoms with Crippen LogP contribution in [0.1, 0.15) is 91.9 Å². The SMILES string of the molecule is CC[C@@H]1OC(OC2CC3C=CC4C5CC(=O)OC(C6CC6C)CCCC(OC6CC[C@@H](N(C)C)[C@@H](C)O6)C(C)C(=O)C5=CC4C3C2)C(OC)C(OC)C1OC. The van der Waals surface area contributed by atoms with E-state index >= 15 is 0 Å². The van der Waals surface area contributed by atoms with Gasteiger partial charge in [-0.2, -0.15) is 0 Å². The molecule has 0 amide bonds. The predicted molar refractivity (Wildman–Crippen MR) is 206 cm³/mol. The van der Waals surface area contributed by atoms with Crippen LogP contribution in [0.4, 0.5) is 0 Å². The van der Waals surface area contributed by atoms with Crippen LogP contribution in [0.15, 0.2) is 23.8 Å². The van der Waals surface area contributed by atoms with E-state index < -0.39 is 12.4 Å². The van der Waals surface area contributed by atoms with Gasteiger partial charge < -0.3 is 42.8 Å². The Morgan fingerprint density at radius 2 is 1.56 bits per heavy atom. The number of fused-ring (bicyclic) bond motifs is 5. The number of ether oxygens (including phenoxy) is 8. The second kappa shape index (κ2) is 17.7. The Bertz CT molecular complexity index is 1400. The van der Waals surface area contributed by atoms with Crippen molar-refractivity contribution in [1.82, 2.24) is 4.90 Å². The van der Waals surface area contributed by atoms with Crippen molar-refractivity contribution in [2.24, 2.45) is 47.3 Å². The van der Waals surface area contributed by atoms with Crippen LogP contribution in [0, 0.1) is 47.3 Å². The van der Waals surface area contributed by atoms with Gasteiger partial charge in [0.05, 0.1) is 30.8 Å². The fourth-order valence-corrected chi connectivity index (χ4v) is 11.4. The average Bonchev–Trinajstić information content (AvgIpc) is 3.57. The summed E-state index contributed by atoms with van der Waals surface area (Å²) in [6.07, 6.45) is 12.2. The van der Waals surface area contributed by atoms with Gasteiger partial charge in [-0.1, -0.05) is 39.0 Å². The first-order valence-corrected chi connectivity index (χ1v) is 21.5. The first-order valence-electron chi connectivity index (χ1n) is 21.5. The number of hydrogen-bond donors (Lipinski definition) is 0. The Labute approximate surface area is 329 Å². The number of hydrogen-bond acceptors (Lipinski definition) is 11. The van der Waals surface area contributed by atoms with Crippen molar-refractivity contribution in [3.05, 3.63) is 23.8 Å². The molecule has 55 heavy (non-hydrogen) atoms. The Kier molecular flexibility index (Phi) is 13.3. The highest BCUT2D eigenvalue weighted by atomic mass is 16.7. The van der Waals surface area contributed by atoms with Crippen molar-refractivity contribution in [2.45, 2.75) is 159 Å².